The first-order valence-electron chi connectivity index (χ1n) is 5.72. The molecule has 0 spiro atoms. The van der Waals surface area contributed by atoms with Gasteiger partial charge >= 0.3 is 6.18 Å². The van der Waals surface area contributed by atoms with Crippen LogP contribution in [0.15, 0.2) is 18.2 Å². The van der Waals surface area contributed by atoms with Gasteiger partial charge in [-0.1, -0.05) is 12.1 Å². The molecule has 0 saturated heterocycles. The lowest BCUT2D eigenvalue weighted by atomic mass is 10.1. The van der Waals surface area contributed by atoms with E-state index in [1.807, 2.05) is 0 Å². The first-order chi connectivity index (χ1) is 9.35. The average Bonchev–Trinajstić information content (AvgIpc) is 2.36. The topological polar surface area (TPSA) is 90.4 Å². The summed E-state index contributed by atoms with van der Waals surface area (Å²) in [4.78, 5) is 10.2. The molecular formula is C11H14F3N3O3. The molecule has 0 saturated carbocycles. The molecule has 1 rings (SSSR count). The van der Waals surface area contributed by atoms with Gasteiger partial charge in [0.2, 0.25) is 0 Å². The number of ether oxygens (including phenoxy) is 1. The molecule has 0 unspecified atom stereocenters. The molecule has 1 aromatic rings. The van der Waals surface area contributed by atoms with Crippen molar-refractivity contribution in [3.63, 3.8) is 0 Å². The van der Waals surface area contributed by atoms with Gasteiger partial charge in [0.1, 0.15) is 5.69 Å². The summed E-state index contributed by atoms with van der Waals surface area (Å²) in [5, 5.41) is 10.8. The second-order valence-electron chi connectivity index (χ2n) is 3.98. The van der Waals surface area contributed by atoms with Crippen molar-refractivity contribution in [1.82, 2.24) is 0 Å². The lowest BCUT2D eigenvalue weighted by Gasteiger charge is -2.10. The lowest BCUT2D eigenvalue weighted by molar-refractivity contribution is -0.384. The fourth-order valence-electron chi connectivity index (χ4n) is 1.58. The van der Waals surface area contributed by atoms with E-state index in [1.54, 1.807) is 6.07 Å². The number of nitrogen functional groups attached to an aromatic ring is 1. The van der Waals surface area contributed by atoms with Gasteiger partial charge < -0.3 is 10.2 Å². The van der Waals surface area contributed by atoms with Crippen LogP contribution in [-0.4, -0.2) is 17.7 Å². The second kappa shape index (κ2) is 7.06. The van der Waals surface area contributed by atoms with Crippen LogP contribution in [0.4, 0.5) is 24.5 Å². The molecule has 0 aliphatic rings. The van der Waals surface area contributed by atoms with Crippen molar-refractivity contribution >= 4 is 11.4 Å². The Morgan fingerprint density at radius 2 is 2.10 bits per heavy atom. The number of halogens is 3. The molecule has 0 fully saturated rings. The average molecular weight is 293 g/mol. The first-order valence-corrected chi connectivity index (χ1v) is 5.72. The molecule has 6 nitrogen and oxygen atoms in total. The molecule has 9 heteroatoms. The Balaban J connectivity index is 2.56. The number of nitrogens with two attached hydrogens (primary N) is 1. The van der Waals surface area contributed by atoms with Crippen molar-refractivity contribution in [2.24, 2.45) is 5.84 Å². The van der Waals surface area contributed by atoms with E-state index < -0.39 is 17.5 Å². The van der Waals surface area contributed by atoms with Gasteiger partial charge in [-0.2, -0.15) is 13.2 Å². The Kier molecular flexibility index (Phi) is 5.71. The molecule has 112 valence electrons. The van der Waals surface area contributed by atoms with Gasteiger partial charge in [0.15, 0.2) is 0 Å². The van der Waals surface area contributed by atoms with Crippen LogP contribution in [0.3, 0.4) is 0 Å². The smallest absolute Gasteiger partial charge is 0.377 e. The highest BCUT2D eigenvalue weighted by molar-refractivity contribution is 5.65. The molecular weight excluding hydrogens is 279 g/mol. The highest BCUT2D eigenvalue weighted by atomic mass is 19.4. The Morgan fingerprint density at radius 1 is 1.40 bits per heavy atom. The molecule has 0 atom stereocenters. The molecule has 20 heavy (non-hydrogen) atoms. The minimum atomic E-state index is -4.21. The predicted octanol–water partition coefficient (Wildman–Crippen LogP) is 2.74. The number of rotatable bonds is 7. The third-order valence-corrected chi connectivity index (χ3v) is 2.48. The van der Waals surface area contributed by atoms with E-state index in [2.05, 4.69) is 5.43 Å². The Labute approximate surface area is 112 Å². The standard InChI is InChI=1S/C11H14F3N3O3/c12-11(13,14)5-2-6-20-7-8-3-1-4-9(17(18)19)10(8)16-15/h1,3-4,16H,2,5-7,15H2. The van der Waals surface area contributed by atoms with E-state index in [0.717, 1.165) is 0 Å². The molecule has 0 radical (unpaired) electrons. The number of hydrogen-bond acceptors (Lipinski definition) is 5. The number of hydrogen-bond donors (Lipinski definition) is 2. The molecule has 0 bridgehead atoms. The number of nitrogens with zero attached hydrogens (tertiary/aromatic N) is 1. The van der Waals surface area contributed by atoms with Gasteiger partial charge in [-0.25, -0.2) is 0 Å². The Morgan fingerprint density at radius 3 is 2.65 bits per heavy atom. The largest absolute Gasteiger partial charge is 0.389 e. The number of benzene rings is 1. The van der Waals surface area contributed by atoms with Crippen LogP contribution in [0.5, 0.6) is 0 Å². The van der Waals surface area contributed by atoms with Crippen LogP contribution in [0.2, 0.25) is 0 Å². The normalized spacial score (nSPS) is 11.4. The number of nitrogens with one attached hydrogen (secondary N) is 1. The second-order valence-corrected chi connectivity index (χ2v) is 3.98. The fraction of sp³-hybridized carbons (Fsp3) is 0.455. The van der Waals surface area contributed by atoms with Crippen molar-refractivity contribution in [1.29, 1.82) is 0 Å². The zero-order valence-corrected chi connectivity index (χ0v) is 10.4. The van der Waals surface area contributed by atoms with Crippen LogP contribution in [-0.2, 0) is 11.3 Å². The third kappa shape index (κ3) is 5.02. The predicted molar refractivity (Wildman–Crippen MR) is 65.9 cm³/mol. The van der Waals surface area contributed by atoms with Gasteiger partial charge in [-0.15, -0.1) is 0 Å². The van der Waals surface area contributed by atoms with Crippen LogP contribution >= 0.6 is 0 Å². The van der Waals surface area contributed by atoms with Crippen molar-refractivity contribution in [3.8, 4) is 0 Å². The summed E-state index contributed by atoms with van der Waals surface area (Å²) in [5.41, 5.74) is 2.49. The summed E-state index contributed by atoms with van der Waals surface area (Å²) in [5.74, 6) is 5.22. The summed E-state index contributed by atoms with van der Waals surface area (Å²) in [6.07, 6.45) is -5.30. The van der Waals surface area contributed by atoms with Crippen LogP contribution in [0.25, 0.3) is 0 Å². The number of alkyl halides is 3. The third-order valence-electron chi connectivity index (χ3n) is 2.48. The molecule has 0 amide bonds. The number of nitro benzene ring substituents is 1. The zero-order valence-electron chi connectivity index (χ0n) is 10.4. The molecule has 0 aromatic heterocycles. The maximum absolute atomic E-state index is 11.9. The van der Waals surface area contributed by atoms with E-state index in [9.17, 15) is 23.3 Å². The van der Waals surface area contributed by atoms with Crippen LogP contribution in [0.1, 0.15) is 18.4 Å². The zero-order chi connectivity index (χ0) is 15.2. The summed E-state index contributed by atoms with van der Waals surface area (Å²) in [6, 6.07) is 4.27. The number of anilines is 1. The fourth-order valence-corrected chi connectivity index (χ4v) is 1.58. The van der Waals surface area contributed by atoms with Crippen molar-refractivity contribution in [2.45, 2.75) is 25.6 Å². The van der Waals surface area contributed by atoms with Gasteiger partial charge in [-0.3, -0.25) is 16.0 Å². The molecule has 0 aliphatic carbocycles. The van der Waals surface area contributed by atoms with Crippen molar-refractivity contribution in [3.05, 3.63) is 33.9 Å². The summed E-state index contributed by atoms with van der Waals surface area (Å²) in [7, 11) is 0. The van der Waals surface area contributed by atoms with Gasteiger partial charge in [0, 0.05) is 24.7 Å². The maximum atomic E-state index is 11.9. The van der Waals surface area contributed by atoms with Crippen molar-refractivity contribution in [2.75, 3.05) is 12.0 Å². The number of nitro groups is 1. The molecule has 0 heterocycles. The van der Waals surface area contributed by atoms with Gasteiger partial charge in [-0.05, 0) is 6.42 Å². The van der Waals surface area contributed by atoms with Gasteiger partial charge in [0.25, 0.3) is 5.69 Å². The lowest BCUT2D eigenvalue weighted by Crippen LogP contribution is -2.12. The number of hydrazine groups is 1. The Bertz CT molecular complexity index is 466. The molecule has 1 aromatic carbocycles. The molecule has 3 N–H and O–H groups in total. The van der Waals surface area contributed by atoms with E-state index in [-0.39, 0.29) is 31.0 Å². The monoisotopic (exact) mass is 293 g/mol. The minimum absolute atomic E-state index is 0.0565. The highest BCUT2D eigenvalue weighted by Gasteiger charge is 2.26. The van der Waals surface area contributed by atoms with Crippen LogP contribution in [0, 0.1) is 10.1 Å². The van der Waals surface area contributed by atoms with E-state index in [1.165, 1.54) is 12.1 Å². The van der Waals surface area contributed by atoms with E-state index >= 15 is 0 Å². The van der Waals surface area contributed by atoms with Crippen molar-refractivity contribution < 1.29 is 22.8 Å². The summed E-state index contributed by atoms with van der Waals surface area (Å²) < 4.78 is 40.8. The quantitative estimate of drug-likeness (QED) is 0.349. The summed E-state index contributed by atoms with van der Waals surface area (Å²) in [6.45, 7) is -0.148. The van der Waals surface area contributed by atoms with Gasteiger partial charge in [0.05, 0.1) is 11.5 Å². The SMILES string of the molecule is NNc1c(COCCCC(F)(F)F)cccc1[N+](=O)[O-]. The van der Waals surface area contributed by atoms with E-state index in [4.69, 9.17) is 10.6 Å². The highest BCUT2D eigenvalue weighted by Crippen LogP contribution is 2.28. The number of para-hydroxylation sites is 1. The Hall–Kier alpha value is -1.87. The van der Waals surface area contributed by atoms with Crippen LogP contribution < -0.4 is 11.3 Å². The molecule has 0 aliphatic heterocycles. The summed E-state index contributed by atoms with van der Waals surface area (Å²) >= 11 is 0. The minimum Gasteiger partial charge on any atom is -0.377 e. The van der Waals surface area contributed by atoms with E-state index in [0.29, 0.717) is 5.56 Å². The first kappa shape index (κ1) is 16.2. The maximum Gasteiger partial charge on any atom is 0.389 e.